The van der Waals surface area contributed by atoms with Crippen LogP contribution in [0.4, 0.5) is 0 Å². The molecule has 134 valence electrons. The van der Waals surface area contributed by atoms with Crippen LogP contribution in [-0.4, -0.2) is 50.8 Å². The molecular formula is C19H30IN3O. The Morgan fingerprint density at radius 2 is 1.88 bits per heavy atom. The van der Waals surface area contributed by atoms with Crippen molar-refractivity contribution in [1.29, 1.82) is 0 Å². The molecule has 0 amide bonds. The molecule has 2 aliphatic rings. The normalized spacial score (nSPS) is 20.6. The molecule has 4 nitrogen and oxygen atoms in total. The molecule has 0 aromatic heterocycles. The van der Waals surface area contributed by atoms with E-state index in [0.717, 1.165) is 51.6 Å². The van der Waals surface area contributed by atoms with Crippen molar-refractivity contribution in [1.82, 2.24) is 10.2 Å². The van der Waals surface area contributed by atoms with Crippen molar-refractivity contribution in [3.63, 3.8) is 0 Å². The number of rotatable bonds is 3. The van der Waals surface area contributed by atoms with Gasteiger partial charge in [0.05, 0.1) is 0 Å². The van der Waals surface area contributed by atoms with Crippen molar-refractivity contribution in [3.05, 3.63) is 35.4 Å². The molecule has 2 saturated heterocycles. The molecule has 0 radical (unpaired) electrons. The van der Waals surface area contributed by atoms with Crippen molar-refractivity contribution in [3.8, 4) is 0 Å². The van der Waals surface area contributed by atoms with Gasteiger partial charge in [-0.25, -0.2) is 0 Å². The first-order valence-corrected chi connectivity index (χ1v) is 8.85. The SMILES string of the molecule is CN=C(NCC1(c2ccccc2C)CCOCC1)N1CCCC1.I. The Kier molecular flexibility index (Phi) is 7.34. The van der Waals surface area contributed by atoms with Crippen molar-refractivity contribution in [2.24, 2.45) is 4.99 Å². The second-order valence-electron chi connectivity index (χ2n) is 6.80. The largest absolute Gasteiger partial charge is 0.381 e. The van der Waals surface area contributed by atoms with Crippen LogP contribution in [-0.2, 0) is 10.2 Å². The standard InChI is InChI=1S/C19H29N3O.HI/c1-16-7-3-4-8-17(16)19(9-13-23-14-10-19)15-21-18(20-2)22-11-5-6-12-22;/h3-4,7-8H,5-6,9-15H2,1-2H3,(H,20,21);1H. The molecule has 1 N–H and O–H groups in total. The maximum Gasteiger partial charge on any atom is 0.193 e. The fourth-order valence-electron chi connectivity index (χ4n) is 3.98. The molecule has 0 saturated carbocycles. The summed E-state index contributed by atoms with van der Waals surface area (Å²) >= 11 is 0. The average molecular weight is 443 g/mol. The van der Waals surface area contributed by atoms with Crippen LogP contribution < -0.4 is 5.32 Å². The van der Waals surface area contributed by atoms with Crippen LogP contribution in [0.25, 0.3) is 0 Å². The van der Waals surface area contributed by atoms with Crippen molar-refractivity contribution < 1.29 is 4.74 Å². The first-order valence-electron chi connectivity index (χ1n) is 8.85. The summed E-state index contributed by atoms with van der Waals surface area (Å²) in [5.41, 5.74) is 3.00. The number of aliphatic imine (C=N–C) groups is 1. The Bertz CT molecular complexity index is 549. The van der Waals surface area contributed by atoms with Gasteiger partial charge in [-0.15, -0.1) is 24.0 Å². The van der Waals surface area contributed by atoms with Crippen molar-refractivity contribution >= 4 is 29.9 Å². The van der Waals surface area contributed by atoms with E-state index in [0.29, 0.717) is 0 Å². The monoisotopic (exact) mass is 443 g/mol. The number of likely N-dealkylation sites (tertiary alicyclic amines) is 1. The highest BCUT2D eigenvalue weighted by Crippen LogP contribution is 2.36. The summed E-state index contributed by atoms with van der Waals surface area (Å²) in [5, 5.41) is 3.67. The minimum atomic E-state index is 0. The maximum atomic E-state index is 5.65. The molecule has 0 atom stereocenters. The molecule has 0 unspecified atom stereocenters. The summed E-state index contributed by atoms with van der Waals surface area (Å²) in [6, 6.07) is 8.81. The third-order valence-corrected chi connectivity index (χ3v) is 5.37. The van der Waals surface area contributed by atoms with Gasteiger partial charge in [0, 0.05) is 45.3 Å². The van der Waals surface area contributed by atoms with Gasteiger partial charge < -0.3 is 15.0 Å². The molecule has 2 aliphatic heterocycles. The minimum Gasteiger partial charge on any atom is -0.381 e. The summed E-state index contributed by atoms with van der Waals surface area (Å²) in [4.78, 5) is 6.88. The summed E-state index contributed by atoms with van der Waals surface area (Å²) < 4.78 is 5.65. The topological polar surface area (TPSA) is 36.9 Å². The molecule has 1 aromatic rings. The van der Waals surface area contributed by atoms with Gasteiger partial charge in [0.1, 0.15) is 0 Å². The number of hydrogen-bond acceptors (Lipinski definition) is 2. The van der Waals surface area contributed by atoms with Gasteiger partial charge in [-0.1, -0.05) is 24.3 Å². The zero-order chi connectivity index (χ0) is 16.1. The van der Waals surface area contributed by atoms with E-state index in [9.17, 15) is 0 Å². The van der Waals surface area contributed by atoms with E-state index in [1.165, 1.54) is 24.0 Å². The van der Waals surface area contributed by atoms with Crippen LogP contribution in [0.5, 0.6) is 0 Å². The fraction of sp³-hybridized carbons (Fsp3) is 0.632. The number of nitrogens with zero attached hydrogens (tertiary/aromatic N) is 2. The summed E-state index contributed by atoms with van der Waals surface area (Å²) in [6.07, 6.45) is 4.69. The maximum absolute atomic E-state index is 5.65. The Balaban J connectivity index is 0.00000208. The predicted molar refractivity (Wildman–Crippen MR) is 110 cm³/mol. The number of ether oxygens (including phenoxy) is 1. The van der Waals surface area contributed by atoms with Gasteiger partial charge in [-0.05, 0) is 43.7 Å². The second kappa shape index (κ2) is 9.04. The van der Waals surface area contributed by atoms with Crippen LogP contribution in [0.15, 0.2) is 29.3 Å². The lowest BCUT2D eigenvalue weighted by Crippen LogP contribution is -2.49. The molecule has 0 aliphatic carbocycles. The van der Waals surface area contributed by atoms with E-state index < -0.39 is 0 Å². The zero-order valence-electron chi connectivity index (χ0n) is 14.9. The number of nitrogens with one attached hydrogen (secondary N) is 1. The molecule has 0 spiro atoms. The van der Waals surface area contributed by atoms with E-state index in [1.54, 1.807) is 0 Å². The molecule has 3 rings (SSSR count). The highest BCUT2D eigenvalue weighted by Gasteiger charge is 2.36. The molecular weight excluding hydrogens is 413 g/mol. The van der Waals surface area contributed by atoms with Crippen LogP contribution in [0.2, 0.25) is 0 Å². The van der Waals surface area contributed by atoms with Gasteiger partial charge in [0.2, 0.25) is 0 Å². The van der Waals surface area contributed by atoms with Crippen LogP contribution in [0.3, 0.4) is 0 Å². The lowest BCUT2D eigenvalue weighted by Gasteiger charge is -2.39. The molecule has 2 fully saturated rings. The fourth-order valence-corrected chi connectivity index (χ4v) is 3.98. The number of hydrogen-bond donors (Lipinski definition) is 1. The average Bonchev–Trinajstić information content (AvgIpc) is 3.11. The summed E-state index contributed by atoms with van der Waals surface area (Å²) in [6.45, 7) is 7.10. The first kappa shape index (κ1) is 19.5. The Hall–Kier alpha value is -0.820. The van der Waals surface area contributed by atoms with Crippen LogP contribution in [0.1, 0.15) is 36.8 Å². The number of guanidine groups is 1. The van der Waals surface area contributed by atoms with E-state index in [2.05, 4.69) is 46.4 Å². The quantitative estimate of drug-likeness (QED) is 0.443. The third-order valence-electron chi connectivity index (χ3n) is 5.37. The molecule has 2 heterocycles. The number of halogens is 1. The Morgan fingerprint density at radius 1 is 1.21 bits per heavy atom. The highest BCUT2D eigenvalue weighted by atomic mass is 127. The van der Waals surface area contributed by atoms with Gasteiger partial charge in [0.25, 0.3) is 0 Å². The third kappa shape index (κ3) is 4.23. The second-order valence-corrected chi connectivity index (χ2v) is 6.80. The van der Waals surface area contributed by atoms with Crippen molar-refractivity contribution in [2.45, 2.75) is 38.0 Å². The molecule has 24 heavy (non-hydrogen) atoms. The summed E-state index contributed by atoms with van der Waals surface area (Å²) in [5.74, 6) is 1.06. The highest BCUT2D eigenvalue weighted by molar-refractivity contribution is 14.0. The number of aryl methyl sites for hydroxylation is 1. The van der Waals surface area contributed by atoms with Crippen molar-refractivity contribution in [2.75, 3.05) is 39.9 Å². The zero-order valence-corrected chi connectivity index (χ0v) is 17.2. The lowest BCUT2D eigenvalue weighted by atomic mass is 9.72. The molecule has 0 bridgehead atoms. The molecule has 5 heteroatoms. The van der Waals surface area contributed by atoms with Gasteiger partial charge in [-0.3, -0.25) is 4.99 Å². The van der Waals surface area contributed by atoms with Gasteiger partial charge in [0.15, 0.2) is 5.96 Å². The van der Waals surface area contributed by atoms with E-state index >= 15 is 0 Å². The van der Waals surface area contributed by atoms with Gasteiger partial charge in [-0.2, -0.15) is 0 Å². The minimum absolute atomic E-state index is 0. The van der Waals surface area contributed by atoms with E-state index in [-0.39, 0.29) is 29.4 Å². The van der Waals surface area contributed by atoms with Crippen LogP contribution in [0, 0.1) is 6.92 Å². The van der Waals surface area contributed by atoms with Gasteiger partial charge >= 0.3 is 0 Å². The Labute approximate surface area is 163 Å². The van der Waals surface area contributed by atoms with Crippen LogP contribution >= 0.6 is 24.0 Å². The number of benzene rings is 1. The summed E-state index contributed by atoms with van der Waals surface area (Å²) in [7, 11) is 1.89. The van der Waals surface area contributed by atoms with E-state index in [1.807, 2.05) is 7.05 Å². The Morgan fingerprint density at radius 3 is 2.50 bits per heavy atom. The predicted octanol–water partition coefficient (Wildman–Crippen LogP) is 3.33. The smallest absolute Gasteiger partial charge is 0.193 e. The lowest BCUT2D eigenvalue weighted by molar-refractivity contribution is 0.0510. The molecule has 1 aromatic carbocycles. The van der Waals surface area contributed by atoms with E-state index in [4.69, 9.17) is 4.74 Å². The first-order chi connectivity index (χ1) is 11.2.